The third-order valence-electron chi connectivity index (χ3n) is 4.31. The fraction of sp³-hybridized carbons (Fsp3) is 0.158. The van der Waals surface area contributed by atoms with Crippen molar-refractivity contribution in [2.24, 2.45) is 0 Å². The zero-order valence-electron chi connectivity index (χ0n) is 15.5. The minimum Gasteiger partial charge on any atom is -0.332 e. The third kappa shape index (κ3) is 3.02. The summed E-state index contributed by atoms with van der Waals surface area (Å²) in [6.45, 7) is 5.53. The van der Waals surface area contributed by atoms with E-state index in [9.17, 15) is 10.1 Å². The molecule has 0 unspecified atom stereocenters. The number of para-hydroxylation sites is 1. The average molecular weight is 375 g/mol. The Balaban J connectivity index is 1.88. The maximum Gasteiger partial charge on any atom is 0.355 e. The van der Waals surface area contributed by atoms with Crippen LogP contribution in [0.3, 0.4) is 0 Å². The normalized spacial score (nSPS) is 11.0. The summed E-state index contributed by atoms with van der Waals surface area (Å²) in [5, 5.41) is 20.2. The minimum absolute atomic E-state index is 0.0818. The molecule has 0 radical (unpaired) electrons. The van der Waals surface area contributed by atoms with Gasteiger partial charge in [-0.2, -0.15) is 5.10 Å². The van der Waals surface area contributed by atoms with E-state index in [2.05, 4.69) is 25.4 Å². The Morgan fingerprint density at radius 2 is 1.89 bits per heavy atom. The number of anilines is 2. The third-order valence-corrected chi connectivity index (χ3v) is 4.31. The first kappa shape index (κ1) is 17.5. The van der Waals surface area contributed by atoms with E-state index >= 15 is 0 Å². The molecule has 0 saturated heterocycles. The molecule has 0 aliphatic rings. The molecule has 1 aromatic carbocycles. The molecule has 9 heteroatoms. The van der Waals surface area contributed by atoms with Crippen molar-refractivity contribution < 1.29 is 4.92 Å². The van der Waals surface area contributed by atoms with Crippen LogP contribution in [0.4, 0.5) is 17.2 Å². The molecule has 4 rings (SSSR count). The van der Waals surface area contributed by atoms with Gasteiger partial charge in [0.15, 0.2) is 0 Å². The van der Waals surface area contributed by atoms with Crippen molar-refractivity contribution in [1.82, 2.24) is 24.7 Å². The van der Waals surface area contributed by atoms with Crippen molar-refractivity contribution in [2.45, 2.75) is 20.8 Å². The van der Waals surface area contributed by atoms with Gasteiger partial charge in [0.25, 0.3) is 0 Å². The smallest absolute Gasteiger partial charge is 0.332 e. The van der Waals surface area contributed by atoms with Crippen LogP contribution in [0.25, 0.3) is 16.7 Å². The van der Waals surface area contributed by atoms with Crippen LogP contribution >= 0.6 is 0 Å². The zero-order chi connectivity index (χ0) is 19.8. The van der Waals surface area contributed by atoms with Gasteiger partial charge >= 0.3 is 5.69 Å². The zero-order valence-corrected chi connectivity index (χ0v) is 15.5. The molecule has 0 bridgehead atoms. The molecule has 0 aliphatic heterocycles. The van der Waals surface area contributed by atoms with Crippen LogP contribution in [0.2, 0.25) is 0 Å². The second-order valence-electron chi connectivity index (χ2n) is 6.45. The topological polar surface area (TPSA) is 112 Å². The van der Waals surface area contributed by atoms with Crippen LogP contribution in [-0.4, -0.2) is 29.7 Å². The number of benzene rings is 1. The summed E-state index contributed by atoms with van der Waals surface area (Å²) < 4.78 is 1.45. The number of rotatable bonds is 4. The Bertz CT molecular complexity index is 1220. The lowest BCUT2D eigenvalue weighted by molar-refractivity contribution is -0.384. The number of hydrogen-bond donors (Lipinski definition) is 1. The van der Waals surface area contributed by atoms with Crippen molar-refractivity contribution in [2.75, 3.05) is 5.32 Å². The lowest BCUT2D eigenvalue weighted by atomic mass is 10.1. The van der Waals surface area contributed by atoms with Crippen molar-refractivity contribution in [3.8, 4) is 5.82 Å². The lowest BCUT2D eigenvalue weighted by Gasteiger charge is -2.11. The maximum absolute atomic E-state index is 11.9. The summed E-state index contributed by atoms with van der Waals surface area (Å²) in [5.41, 5.74) is 3.42. The largest absolute Gasteiger partial charge is 0.355 e. The summed E-state index contributed by atoms with van der Waals surface area (Å²) in [4.78, 5) is 24.1. The predicted octanol–water partition coefficient (Wildman–Crippen LogP) is 3.79. The molecule has 0 amide bonds. The average Bonchev–Trinajstić information content (AvgIpc) is 3.00. The molecule has 0 saturated carbocycles. The predicted molar refractivity (Wildman–Crippen MR) is 105 cm³/mol. The molecule has 3 heterocycles. The Labute approximate surface area is 160 Å². The number of nitrogens with zero attached hydrogens (tertiary/aromatic N) is 6. The molecule has 0 spiro atoms. The molecule has 9 nitrogen and oxygen atoms in total. The van der Waals surface area contributed by atoms with E-state index in [0.717, 1.165) is 22.5 Å². The summed E-state index contributed by atoms with van der Waals surface area (Å²) in [5.74, 6) is 0.191. The molecule has 140 valence electrons. The standard InChI is InChI=1S/C19H17N7O2/c1-11-7-8-14-5-4-6-15(16(14)22-11)23-18-17(26(27)28)19(21-10-20-18)25-13(3)9-12(2)24-25/h4-10H,1-3H3,(H,20,21,23). The SMILES string of the molecule is Cc1ccc2cccc(Nc3ncnc(-n4nc(C)cc4C)c3[N+](=O)[O-])c2n1. The minimum atomic E-state index is -0.502. The Morgan fingerprint density at radius 1 is 1.07 bits per heavy atom. The number of aryl methyl sites for hydroxylation is 3. The quantitative estimate of drug-likeness (QED) is 0.426. The van der Waals surface area contributed by atoms with Crippen LogP contribution in [0.5, 0.6) is 0 Å². The molecule has 0 atom stereocenters. The van der Waals surface area contributed by atoms with Crippen molar-refractivity contribution in [1.29, 1.82) is 0 Å². The van der Waals surface area contributed by atoms with E-state index < -0.39 is 4.92 Å². The second-order valence-corrected chi connectivity index (χ2v) is 6.45. The van der Waals surface area contributed by atoms with Gasteiger partial charge in [0.05, 0.1) is 21.8 Å². The monoisotopic (exact) mass is 375 g/mol. The molecular weight excluding hydrogens is 358 g/mol. The molecule has 28 heavy (non-hydrogen) atoms. The molecular formula is C19H17N7O2. The van der Waals surface area contributed by atoms with Crippen LogP contribution in [0, 0.1) is 30.9 Å². The van der Waals surface area contributed by atoms with Crippen molar-refractivity contribution >= 4 is 28.1 Å². The molecule has 0 fully saturated rings. The Hall–Kier alpha value is -3.88. The van der Waals surface area contributed by atoms with Crippen LogP contribution < -0.4 is 5.32 Å². The number of pyridine rings is 1. The highest BCUT2D eigenvalue weighted by Gasteiger charge is 2.26. The fourth-order valence-electron chi connectivity index (χ4n) is 3.10. The van der Waals surface area contributed by atoms with Gasteiger partial charge in [-0.15, -0.1) is 0 Å². The van der Waals surface area contributed by atoms with Gasteiger partial charge in [0.2, 0.25) is 11.6 Å². The Morgan fingerprint density at radius 3 is 2.61 bits per heavy atom. The first-order valence-corrected chi connectivity index (χ1v) is 8.60. The summed E-state index contributed by atoms with van der Waals surface area (Å²) in [7, 11) is 0. The van der Waals surface area contributed by atoms with Crippen molar-refractivity contribution in [3.63, 3.8) is 0 Å². The number of nitro groups is 1. The van der Waals surface area contributed by atoms with Gasteiger partial charge in [0, 0.05) is 16.8 Å². The number of nitrogens with one attached hydrogen (secondary N) is 1. The van der Waals surface area contributed by atoms with E-state index in [4.69, 9.17) is 0 Å². The number of fused-ring (bicyclic) bond motifs is 1. The van der Waals surface area contributed by atoms with Gasteiger partial charge in [-0.05, 0) is 39.0 Å². The number of hydrogen-bond acceptors (Lipinski definition) is 7. The highest BCUT2D eigenvalue weighted by atomic mass is 16.6. The van der Waals surface area contributed by atoms with Crippen LogP contribution in [-0.2, 0) is 0 Å². The van der Waals surface area contributed by atoms with Gasteiger partial charge in [0.1, 0.15) is 6.33 Å². The lowest BCUT2D eigenvalue weighted by Crippen LogP contribution is -2.10. The van der Waals surface area contributed by atoms with Gasteiger partial charge in [-0.25, -0.2) is 14.6 Å². The molecule has 4 aromatic rings. The van der Waals surface area contributed by atoms with E-state index in [1.54, 1.807) is 0 Å². The van der Waals surface area contributed by atoms with E-state index in [1.165, 1.54) is 11.0 Å². The molecule has 3 aromatic heterocycles. The second kappa shape index (κ2) is 6.69. The summed E-state index contributed by atoms with van der Waals surface area (Å²) in [6.07, 6.45) is 1.28. The maximum atomic E-state index is 11.9. The van der Waals surface area contributed by atoms with Gasteiger partial charge < -0.3 is 5.32 Å². The van der Waals surface area contributed by atoms with E-state index in [-0.39, 0.29) is 17.3 Å². The fourth-order valence-corrected chi connectivity index (χ4v) is 3.10. The first-order chi connectivity index (χ1) is 13.4. The van der Waals surface area contributed by atoms with Crippen molar-refractivity contribution in [3.05, 3.63) is 69.9 Å². The molecule has 0 aliphatic carbocycles. The van der Waals surface area contributed by atoms with E-state index in [1.807, 2.05) is 57.2 Å². The number of aromatic nitrogens is 5. The molecule has 1 N–H and O–H groups in total. The highest BCUT2D eigenvalue weighted by Crippen LogP contribution is 2.32. The van der Waals surface area contributed by atoms with Gasteiger partial charge in [-0.3, -0.25) is 15.1 Å². The summed E-state index contributed by atoms with van der Waals surface area (Å²) in [6, 6.07) is 11.3. The van der Waals surface area contributed by atoms with E-state index in [0.29, 0.717) is 11.2 Å². The van der Waals surface area contributed by atoms with Gasteiger partial charge in [-0.1, -0.05) is 18.2 Å². The Kier molecular flexibility index (Phi) is 4.19. The van der Waals surface area contributed by atoms with Crippen LogP contribution in [0.1, 0.15) is 17.1 Å². The first-order valence-electron chi connectivity index (χ1n) is 8.60. The highest BCUT2D eigenvalue weighted by molar-refractivity contribution is 5.92. The summed E-state index contributed by atoms with van der Waals surface area (Å²) >= 11 is 0. The van der Waals surface area contributed by atoms with Crippen LogP contribution in [0.15, 0.2) is 42.7 Å².